The number of thiocarbonyl (C=S) groups is 1. The van der Waals surface area contributed by atoms with E-state index in [1.54, 1.807) is 6.07 Å². The van der Waals surface area contributed by atoms with E-state index in [2.05, 4.69) is 16.9 Å². The van der Waals surface area contributed by atoms with Gasteiger partial charge < -0.3 is 15.7 Å². The van der Waals surface area contributed by atoms with E-state index >= 15 is 0 Å². The molecule has 0 bridgehead atoms. The van der Waals surface area contributed by atoms with Crippen LogP contribution < -0.4 is 10.6 Å². The molecule has 5 nitrogen and oxygen atoms in total. The summed E-state index contributed by atoms with van der Waals surface area (Å²) < 4.78 is 0. The Labute approximate surface area is 113 Å². The summed E-state index contributed by atoms with van der Waals surface area (Å²) in [4.78, 5) is 10.9. The molecule has 0 unspecified atom stereocenters. The first-order chi connectivity index (χ1) is 8.58. The Bertz CT molecular complexity index is 411. The van der Waals surface area contributed by atoms with E-state index in [0.717, 1.165) is 25.1 Å². The van der Waals surface area contributed by atoms with Gasteiger partial charge in [-0.3, -0.25) is 0 Å². The Morgan fingerprint density at radius 1 is 1.44 bits per heavy atom. The van der Waals surface area contributed by atoms with E-state index in [1.165, 1.54) is 0 Å². The second-order valence-corrected chi connectivity index (χ2v) is 4.56. The maximum Gasteiger partial charge on any atom is 0.226 e. The van der Waals surface area contributed by atoms with Gasteiger partial charge in [0.05, 0.1) is 6.61 Å². The lowest BCUT2D eigenvalue weighted by atomic mass is 10.3. The smallest absolute Gasteiger partial charge is 0.226 e. The highest BCUT2D eigenvalue weighted by Crippen LogP contribution is 2.11. The van der Waals surface area contributed by atoms with E-state index in [0.29, 0.717) is 18.2 Å². The average Bonchev–Trinajstić information content (AvgIpc) is 2.33. The molecule has 1 aromatic heterocycles. The van der Waals surface area contributed by atoms with Crippen molar-refractivity contribution in [3.63, 3.8) is 0 Å². The summed E-state index contributed by atoms with van der Waals surface area (Å²) in [7, 11) is 0. The van der Waals surface area contributed by atoms with Gasteiger partial charge in [0.1, 0.15) is 10.7 Å². The molecule has 6 heteroatoms. The molecule has 0 aromatic carbocycles. The minimum atomic E-state index is 0.0728. The van der Waals surface area contributed by atoms with E-state index in [-0.39, 0.29) is 11.6 Å². The molecule has 3 N–H and O–H groups in total. The molecule has 100 valence electrons. The van der Waals surface area contributed by atoms with E-state index in [4.69, 9.17) is 23.1 Å². The fourth-order valence-corrected chi connectivity index (χ4v) is 1.71. The summed E-state index contributed by atoms with van der Waals surface area (Å²) in [6.45, 7) is 5.40. The number of rotatable bonds is 7. The number of anilines is 1. The summed E-state index contributed by atoms with van der Waals surface area (Å²) in [5.41, 5.74) is 7.00. The predicted molar refractivity (Wildman–Crippen MR) is 76.9 cm³/mol. The fourth-order valence-electron chi connectivity index (χ4n) is 1.60. The zero-order valence-electron chi connectivity index (χ0n) is 10.9. The number of hydrogen-bond acceptors (Lipinski definition) is 5. The van der Waals surface area contributed by atoms with Crippen LogP contribution in [-0.2, 0) is 0 Å². The molecule has 0 aliphatic rings. The molecular formula is C12H20N4OS. The third-order valence-corrected chi connectivity index (χ3v) is 2.74. The van der Waals surface area contributed by atoms with Crippen LogP contribution in [0.5, 0.6) is 0 Å². The lowest BCUT2D eigenvalue weighted by Gasteiger charge is -2.22. The first-order valence-electron chi connectivity index (χ1n) is 6.09. The quantitative estimate of drug-likeness (QED) is 0.719. The number of aromatic nitrogens is 2. The molecule has 0 saturated heterocycles. The van der Waals surface area contributed by atoms with E-state index < -0.39 is 0 Å². The Morgan fingerprint density at radius 3 is 2.72 bits per heavy atom. The van der Waals surface area contributed by atoms with Crippen molar-refractivity contribution in [2.45, 2.75) is 26.7 Å². The maximum atomic E-state index is 9.10. The number of nitrogens with two attached hydrogens (primary N) is 1. The Kier molecular flexibility index (Phi) is 5.94. The van der Waals surface area contributed by atoms with Gasteiger partial charge in [-0.05, 0) is 19.4 Å². The zero-order valence-corrected chi connectivity index (χ0v) is 11.7. The summed E-state index contributed by atoms with van der Waals surface area (Å²) >= 11 is 4.94. The number of aryl methyl sites for hydroxylation is 1. The van der Waals surface area contributed by atoms with Crippen LogP contribution in [0, 0.1) is 6.92 Å². The topological polar surface area (TPSA) is 75.3 Å². The van der Waals surface area contributed by atoms with Crippen molar-refractivity contribution < 1.29 is 5.11 Å². The van der Waals surface area contributed by atoms with Crippen molar-refractivity contribution >= 4 is 23.2 Å². The van der Waals surface area contributed by atoms with Crippen LogP contribution in [0.2, 0.25) is 0 Å². The SMILES string of the molecule is CCCCN(CCO)c1nc(C)cc(C(N)=S)n1. The van der Waals surface area contributed by atoms with Crippen LogP contribution in [0.3, 0.4) is 0 Å². The Hall–Kier alpha value is -1.27. The third-order valence-electron chi connectivity index (χ3n) is 2.53. The Morgan fingerprint density at radius 2 is 2.17 bits per heavy atom. The first kappa shape index (κ1) is 14.8. The van der Waals surface area contributed by atoms with Crippen LogP contribution in [0.25, 0.3) is 0 Å². The lowest BCUT2D eigenvalue weighted by molar-refractivity contribution is 0.301. The van der Waals surface area contributed by atoms with Crippen molar-refractivity contribution in [3.8, 4) is 0 Å². The third kappa shape index (κ3) is 4.19. The van der Waals surface area contributed by atoms with Crippen LogP contribution >= 0.6 is 12.2 Å². The van der Waals surface area contributed by atoms with Crippen molar-refractivity contribution in [3.05, 3.63) is 17.5 Å². The minimum Gasteiger partial charge on any atom is -0.395 e. The van der Waals surface area contributed by atoms with Crippen LogP contribution in [0.4, 0.5) is 5.95 Å². The molecular weight excluding hydrogens is 248 g/mol. The van der Waals surface area contributed by atoms with Gasteiger partial charge in [0.2, 0.25) is 5.95 Å². The highest BCUT2D eigenvalue weighted by Gasteiger charge is 2.11. The highest BCUT2D eigenvalue weighted by molar-refractivity contribution is 7.80. The van der Waals surface area contributed by atoms with Gasteiger partial charge in [-0.1, -0.05) is 25.6 Å². The standard InChI is InChI=1S/C12H20N4OS/c1-3-4-5-16(6-7-17)12-14-9(2)8-10(15-12)11(13)18/h8,17H,3-7H2,1-2H3,(H2,13,18). The molecule has 1 rings (SSSR count). The first-order valence-corrected chi connectivity index (χ1v) is 6.50. The molecule has 0 amide bonds. The number of hydrogen-bond donors (Lipinski definition) is 2. The van der Waals surface area contributed by atoms with Crippen LogP contribution in [0.15, 0.2) is 6.07 Å². The van der Waals surface area contributed by atoms with Gasteiger partial charge in [-0.25, -0.2) is 9.97 Å². The zero-order chi connectivity index (χ0) is 13.5. The summed E-state index contributed by atoms with van der Waals surface area (Å²) in [6.07, 6.45) is 2.11. The molecule has 1 aromatic rings. The largest absolute Gasteiger partial charge is 0.395 e. The monoisotopic (exact) mass is 268 g/mol. The molecule has 0 radical (unpaired) electrons. The molecule has 1 heterocycles. The number of aliphatic hydroxyl groups excluding tert-OH is 1. The molecule has 0 saturated carbocycles. The van der Waals surface area contributed by atoms with Gasteiger partial charge >= 0.3 is 0 Å². The van der Waals surface area contributed by atoms with Crippen molar-refractivity contribution in [2.75, 3.05) is 24.6 Å². The second kappa shape index (κ2) is 7.23. The van der Waals surface area contributed by atoms with Crippen molar-refractivity contribution in [1.29, 1.82) is 0 Å². The fraction of sp³-hybridized carbons (Fsp3) is 0.583. The normalized spacial score (nSPS) is 10.4. The van der Waals surface area contributed by atoms with Crippen molar-refractivity contribution in [1.82, 2.24) is 9.97 Å². The average molecular weight is 268 g/mol. The number of unbranched alkanes of at least 4 members (excludes halogenated alkanes) is 1. The lowest BCUT2D eigenvalue weighted by Crippen LogP contribution is -2.30. The summed E-state index contributed by atoms with van der Waals surface area (Å²) in [5, 5.41) is 9.10. The van der Waals surface area contributed by atoms with Gasteiger partial charge in [-0.2, -0.15) is 0 Å². The Balaban J connectivity index is 2.98. The second-order valence-electron chi connectivity index (χ2n) is 4.12. The summed E-state index contributed by atoms with van der Waals surface area (Å²) in [6, 6.07) is 1.77. The van der Waals surface area contributed by atoms with E-state index in [9.17, 15) is 0 Å². The van der Waals surface area contributed by atoms with Gasteiger partial charge in [0.15, 0.2) is 0 Å². The molecule has 0 spiro atoms. The number of aliphatic hydroxyl groups is 1. The predicted octanol–water partition coefficient (Wildman–Crippen LogP) is 1.02. The minimum absolute atomic E-state index is 0.0728. The van der Waals surface area contributed by atoms with Gasteiger partial charge in [0.25, 0.3) is 0 Å². The van der Waals surface area contributed by atoms with Crippen LogP contribution in [-0.4, -0.2) is 39.8 Å². The maximum absolute atomic E-state index is 9.10. The van der Waals surface area contributed by atoms with E-state index in [1.807, 2.05) is 11.8 Å². The number of nitrogens with zero attached hydrogens (tertiary/aromatic N) is 3. The molecule has 0 aliphatic carbocycles. The summed E-state index contributed by atoms with van der Waals surface area (Å²) in [5.74, 6) is 0.584. The molecule has 18 heavy (non-hydrogen) atoms. The van der Waals surface area contributed by atoms with Crippen molar-refractivity contribution in [2.24, 2.45) is 5.73 Å². The molecule has 0 fully saturated rings. The van der Waals surface area contributed by atoms with Crippen LogP contribution in [0.1, 0.15) is 31.2 Å². The molecule has 0 aliphatic heterocycles. The molecule has 0 atom stereocenters. The van der Waals surface area contributed by atoms with Gasteiger partial charge in [-0.15, -0.1) is 0 Å². The highest BCUT2D eigenvalue weighted by atomic mass is 32.1. The van der Waals surface area contributed by atoms with Gasteiger partial charge in [0, 0.05) is 18.8 Å².